The predicted molar refractivity (Wildman–Crippen MR) is 73.8 cm³/mol. The molecule has 5 heteroatoms. The lowest BCUT2D eigenvalue weighted by Crippen LogP contribution is -2.40. The van der Waals surface area contributed by atoms with Gasteiger partial charge in [0.25, 0.3) is 5.91 Å². The molecule has 4 nitrogen and oxygen atoms in total. The minimum atomic E-state index is -0.234. The zero-order chi connectivity index (χ0) is 13.4. The summed E-state index contributed by atoms with van der Waals surface area (Å²) in [7, 11) is 0. The highest BCUT2D eigenvalue weighted by Crippen LogP contribution is 2.25. The standard InChI is InChI=1S/C13H17BrN2O2/c1-7-4-5-8(2)16(7)13(18)10-6-15-9(3)11(14)12(10)17/h6-8H,4-5H2,1-3H3,(H,15,17)/t7-,8-/m0/s1. The van der Waals surface area contributed by atoms with Gasteiger partial charge in [-0.15, -0.1) is 0 Å². The Balaban J connectivity index is 2.41. The number of H-pyrrole nitrogens is 1. The van der Waals surface area contributed by atoms with Crippen molar-refractivity contribution in [2.45, 2.75) is 45.7 Å². The largest absolute Gasteiger partial charge is 0.363 e. The molecule has 98 valence electrons. The SMILES string of the molecule is Cc1[nH]cc(C(=O)N2[C@@H](C)CC[C@@H]2C)c(=O)c1Br. The Morgan fingerprint density at radius 1 is 1.39 bits per heavy atom. The first-order chi connectivity index (χ1) is 8.43. The topological polar surface area (TPSA) is 53.2 Å². The summed E-state index contributed by atoms with van der Waals surface area (Å²) >= 11 is 3.22. The summed E-state index contributed by atoms with van der Waals surface area (Å²) in [5.41, 5.74) is 0.717. The molecule has 2 atom stereocenters. The van der Waals surface area contributed by atoms with Crippen molar-refractivity contribution in [1.82, 2.24) is 9.88 Å². The zero-order valence-electron chi connectivity index (χ0n) is 10.8. The molecule has 1 aliphatic heterocycles. The van der Waals surface area contributed by atoms with Crippen molar-refractivity contribution in [1.29, 1.82) is 0 Å². The summed E-state index contributed by atoms with van der Waals surface area (Å²) in [5.74, 6) is -0.172. The first-order valence-corrected chi connectivity index (χ1v) is 6.93. The van der Waals surface area contributed by atoms with Crippen molar-refractivity contribution in [2.24, 2.45) is 0 Å². The summed E-state index contributed by atoms with van der Waals surface area (Å²) in [6, 6.07) is 0.402. The Hall–Kier alpha value is -1.10. The molecular formula is C13H17BrN2O2. The number of amides is 1. The number of aromatic nitrogens is 1. The van der Waals surface area contributed by atoms with Gasteiger partial charge < -0.3 is 9.88 Å². The van der Waals surface area contributed by atoms with E-state index in [4.69, 9.17) is 0 Å². The van der Waals surface area contributed by atoms with E-state index in [1.807, 2.05) is 18.7 Å². The molecule has 0 bridgehead atoms. The van der Waals surface area contributed by atoms with Crippen LogP contribution in [0.4, 0.5) is 0 Å². The van der Waals surface area contributed by atoms with E-state index in [2.05, 4.69) is 20.9 Å². The molecule has 0 spiro atoms. The lowest BCUT2D eigenvalue weighted by atomic mass is 10.2. The molecule has 0 radical (unpaired) electrons. The number of aryl methyl sites for hydroxylation is 1. The maximum Gasteiger partial charge on any atom is 0.259 e. The molecule has 0 aliphatic carbocycles. The fourth-order valence-electron chi connectivity index (χ4n) is 2.49. The van der Waals surface area contributed by atoms with Crippen molar-refractivity contribution in [3.8, 4) is 0 Å². The Bertz CT molecular complexity index is 528. The number of pyridine rings is 1. The molecule has 1 fully saturated rings. The third kappa shape index (κ3) is 2.11. The highest BCUT2D eigenvalue weighted by molar-refractivity contribution is 9.10. The number of likely N-dealkylation sites (tertiary alicyclic amines) is 1. The molecule has 2 rings (SSSR count). The Morgan fingerprint density at radius 3 is 2.50 bits per heavy atom. The molecule has 0 aromatic carbocycles. The second kappa shape index (κ2) is 4.88. The van der Waals surface area contributed by atoms with Crippen LogP contribution in [0.3, 0.4) is 0 Å². The van der Waals surface area contributed by atoms with Crippen LogP contribution in [0.5, 0.6) is 0 Å². The number of nitrogens with one attached hydrogen (secondary N) is 1. The van der Waals surface area contributed by atoms with Crippen LogP contribution in [0.15, 0.2) is 15.5 Å². The molecule has 0 unspecified atom stereocenters. The van der Waals surface area contributed by atoms with E-state index in [1.165, 1.54) is 6.20 Å². The lowest BCUT2D eigenvalue weighted by Gasteiger charge is -2.26. The summed E-state index contributed by atoms with van der Waals surface area (Å²) in [4.78, 5) is 29.3. The van der Waals surface area contributed by atoms with E-state index in [1.54, 1.807) is 6.92 Å². The van der Waals surface area contributed by atoms with E-state index in [0.29, 0.717) is 4.47 Å². The minimum Gasteiger partial charge on any atom is -0.363 e. The van der Waals surface area contributed by atoms with Crippen LogP contribution in [0.2, 0.25) is 0 Å². The van der Waals surface area contributed by atoms with Gasteiger partial charge in [0.1, 0.15) is 5.56 Å². The molecule has 0 saturated carbocycles. The van der Waals surface area contributed by atoms with E-state index in [9.17, 15) is 9.59 Å². The molecule has 1 amide bonds. The van der Waals surface area contributed by atoms with Gasteiger partial charge >= 0.3 is 0 Å². The van der Waals surface area contributed by atoms with Crippen molar-refractivity contribution in [3.63, 3.8) is 0 Å². The number of halogens is 1. The van der Waals surface area contributed by atoms with Gasteiger partial charge in [-0.05, 0) is 49.5 Å². The monoisotopic (exact) mass is 312 g/mol. The lowest BCUT2D eigenvalue weighted by molar-refractivity contribution is 0.0691. The quantitative estimate of drug-likeness (QED) is 0.866. The second-order valence-corrected chi connectivity index (χ2v) is 5.75. The maximum absolute atomic E-state index is 12.4. The van der Waals surface area contributed by atoms with Crippen LogP contribution in [0.1, 0.15) is 42.7 Å². The normalized spacial score (nSPS) is 23.4. The van der Waals surface area contributed by atoms with Crippen LogP contribution in [-0.4, -0.2) is 27.9 Å². The molecule has 2 heterocycles. The van der Waals surface area contributed by atoms with Gasteiger partial charge in [0.15, 0.2) is 0 Å². The van der Waals surface area contributed by atoms with Crippen LogP contribution < -0.4 is 5.43 Å². The number of carbonyl (C=O) groups is 1. The van der Waals surface area contributed by atoms with Crippen LogP contribution in [0, 0.1) is 6.92 Å². The van der Waals surface area contributed by atoms with Crippen LogP contribution in [-0.2, 0) is 0 Å². The number of hydrogen-bond acceptors (Lipinski definition) is 2. The highest BCUT2D eigenvalue weighted by Gasteiger charge is 2.33. The highest BCUT2D eigenvalue weighted by atomic mass is 79.9. The van der Waals surface area contributed by atoms with Gasteiger partial charge in [-0.1, -0.05) is 0 Å². The maximum atomic E-state index is 12.4. The van der Waals surface area contributed by atoms with Crippen molar-refractivity contribution in [2.75, 3.05) is 0 Å². The third-order valence-corrected chi connectivity index (χ3v) is 4.58. The second-order valence-electron chi connectivity index (χ2n) is 4.96. The Kier molecular flexibility index (Phi) is 3.61. The summed E-state index contributed by atoms with van der Waals surface area (Å²) in [5, 5.41) is 0. The number of nitrogens with zero attached hydrogens (tertiary/aromatic N) is 1. The summed E-state index contributed by atoms with van der Waals surface area (Å²) < 4.78 is 0.438. The molecule has 1 aromatic heterocycles. The molecule has 1 saturated heterocycles. The molecule has 18 heavy (non-hydrogen) atoms. The van der Waals surface area contributed by atoms with Gasteiger partial charge in [0.05, 0.1) is 4.47 Å². The minimum absolute atomic E-state index is 0.172. The van der Waals surface area contributed by atoms with Crippen molar-refractivity contribution < 1.29 is 4.79 Å². The first kappa shape index (κ1) is 13.3. The van der Waals surface area contributed by atoms with E-state index >= 15 is 0 Å². The number of rotatable bonds is 1. The van der Waals surface area contributed by atoms with Gasteiger partial charge in [-0.3, -0.25) is 9.59 Å². The molecule has 1 N–H and O–H groups in total. The third-order valence-electron chi connectivity index (χ3n) is 3.62. The molecule has 1 aliphatic rings. The number of hydrogen-bond donors (Lipinski definition) is 1. The summed E-state index contributed by atoms with van der Waals surface area (Å²) in [6.07, 6.45) is 3.51. The summed E-state index contributed by atoms with van der Waals surface area (Å²) in [6.45, 7) is 5.85. The average Bonchev–Trinajstić information content (AvgIpc) is 2.65. The van der Waals surface area contributed by atoms with Gasteiger partial charge in [-0.25, -0.2) is 0 Å². The van der Waals surface area contributed by atoms with E-state index in [0.717, 1.165) is 18.5 Å². The van der Waals surface area contributed by atoms with Gasteiger partial charge in [0.2, 0.25) is 5.43 Å². The first-order valence-electron chi connectivity index (χ1n) is 6.14. The van der Waals surface area contributed by atoms with Crippen molar-refractivity contribution in [3.05, 3.63) is 32.2 Å². The van der Waals surface area contributed by atoms with Gasteiger partial charge in [0, 0.05) is 24.0 Å². The van der Waals surface area contributed by atoms with Gasteiger partial charge in [-0.2, -0.15) is 0 Å². The van der Waals surface area contributed by atoms with E-state index in [-0.39, 0.29) is 29.0 Å². The van der Waals surface area contributed by atoms with Crippen molar-refractivity contribution >= 4 is 21.8 Å². The van der Waals surface area contributed by atoms with E-state index < -0.39 is 0 Å². The fourth-order valence-corrected chi connectivity index (χ4v) is 2.82. The fraction of sp³-hybridized carbons (Fsp3) is 0.538. The van der Waals surface area contributed by atoms with Crippen LogP contribution >= 0.6 is 15.9 Å². The number of aromatic amines is 1. The average molecular weight is 313 g/mol. The zero-order valence-corrected chi connectivity index (χ0v) is 12.4. The smallest absolute Gasteiger partial charge is 0.259 e. The molecular weight excluding hydrogens is 296 g/mol. The number of carbonyl (C=O) groups excluding carboxylic acids is 1. The Labute approximate surface area is 115 Å². The van der Waals surface area contributed by atoms with Crippen LogP contribution in [0.25, 0.3) is 0 Å². The Morgan fingerprint density at radius 2 is 1.94 bits per heavy atom. The predicted octanol–water partition coefficient (Wildman–Crippen LogP) is 2.46. The molecule has 1 aromatic rings.